The van der Waals surface area contributed by atoms with Crippen molar-refractivity contribution >= 4 is 24.0 Å². The van der Waals surface area contributed by atoms with Crippen LogP contribution in [0.2, 0.25) is 0 Å². The maximum atomic E-state index is 11.8. The summed E-state index contributed by atoms with van der Waals surface area (Å²) in [5.74, 6) is -0.758. The Labute approximate surface area is 198 Å². The summed E-state index contributed by atoms with van der Waals surface area (Å²) in [5, 5.41) is 2.53. The van der Waals surface area contributed by atoms with Crippen LogP contribution in [0.4, 0.5) is 4.79 Å². The molecule has 33 heavy (non-hydrogen) atoms. The average Bonchev–Trinajstić information content (AvgIpc) is 2.78. The molecule has 0 heterocycles. The molecule has 0 aliphatic heterocycles. The van der Waals surface area contributed by atoms with E-state index in [4.69, 9.17) is 18.9 Å². The Balaban J connectivity index is 3.52. The average molecular weight is 474 g/mol. The number of unbranched alkanes of at least 4 members (excludes halogenated alkanes) is 4. The van der Waals surface area contributed by atoms with E-state index in [2.05, 4.69) is 5.32 Å². The molecule has 0 saturated carbocycles. The summed E-state index contributed by atoms with van der Waals surface area (Å²) in [6.45, 7) is 8.88. The van der Waals surface area contributed by atoms with Gasteiger partial charge in [-0.3, -0.25) is 14.4 Å². The molecule has 0 saturated heterocycles. The second-order valence-corrected chi connectivity index (χ2v) is 8.50. The van der Waals surface area contributed by atoms with Gasteiger partial charge in [-0.05, 0) is 58.8 Å². The van der Waals surface area contributed by atoms with E-state index in [0.29, 0.717) is 58.2 Å². The summed E-state index contributed by atoms with van der Waals surface area (Å²) in [4.78, 5) is 46.5. The predicted molar refractivity (Wildman–Crippen MR) is 124 cm³/mol. The summed E-state index contributed by atoms with van der Waals surface area (Å²) in [6, 6.07) is 0. The molecule has 0 spiro atoms. The van der Waals surface area contributed by atoms with Gasteiger partial charge < -0.3 is 24.3 Å². The van der Waals surface area contributed by atoms with Gasteiger partial charge in [0.25, 0.3) is 0 Å². The molecular formula is C24H43NO8. The molecule has 0 aliphatic rings. The van der Waals surface area contributed by atoms with Crippen LogP contribution in [-0.4, -0.2) is 57.0 Å². The standard InChI is InChI=1S/C24H43NO8/c1-5-7-16-30-21(27)14-10-12-17-31-20(26)13-9-8-11-18-33-23(29)25-15-19-32-22(28)24(3,4)6-2/h5-19H2,1-4H3,(H,25,29). The lowest BCUT2D eigenvalue weighted by Gasteiger charge is -2.20. The number of ether oxygens (including phenoxy) is 4. The molecule has 0 rings (SSSR count). The third-order valence-electron chi connectivity index (χ3n) is 5.10. The Morgan fingerprint density at radius 3 is 1.82 bits per heavy atom. The van der Waals surface area contributed by atoms with Crippen LogP contribution in [0, 0.1) is 5.41 Å². The van der Waals surface area contributed by atoms with E-state index in [1.54, 1.807) is 0 Å². The van der Waals surface area contributed by atoms with E-state index in [1.165, 1.54) is 0 Å². The number of hydrogen-bond acceptors (Lipinski definition) is 8. The zero-order chi connectivity index (χ0) is 25.0. The van der Waals surface area contributed by atoms with Crippen LogP contribution in [0.15, 0.2) is 0 Å². The lowest BCUT2D eigenvalue weighted by Crippen LogP contribution is -2.32. The molecule has 1 amide bonds. The second kappa shape index (κ2) is 19.2. The maximum Gasteiger partial charge on any atom is 0.407 e. The minimum atomic E-state index is -0.561. The van der Waals surface area contributed by atoms with E-state index in [9.17, 15) is 19.2 Å². The monoisotopic (exact) mass is 473 g/mol. The van der Waals surface area contributed by atoms with Crippen LogP contribution in [0.25, 0.3) is 0 Å². The summed E-state index contributed by atoms with van der Waals surface area (Å²) < 4.78 is 20.4. The molecule has 0 atom stereocenters. The van der Waals surface area contributed by atoms with Gasteiger partial charge in [-0.15, -0.1) is 0 Å². The number of hydrogen-bond donors (Lipinski definition) is 1. The third kappa shape index (κ3) is 17.9. The zero-order valence-corrected chi connectivity index (χ0v) is 20.9. The number of esters is 3. The predicted octanol–water partition coefficient (Wildman–Crippen LogP) is 4.31. The highest BCUT2D eigenvalue weighted by Crippen LogP contribution is 2.21. The minimum absolute atomic E-state index is 0.0997. The van der Waals surface area contributed by atoms with Gasteiger partial charge in [-0.1, -0.05) is 20.3 Å². The summed E-state index contributed by atoms with van der Waals surface area (Å²) in [6.07, 6.45) is 5.92. The first-order chi connectivity index (χ1) is 15.7. The van der Waals surface area contributed by atoms with Crippen molar-refractivity contribution in [3.8, 4) is 0 Å². The Kier molecular flexibility index (Phi) is 17.8. The van der Waals surface area contributed by atoms with Crippen molar-refractivity contribution < 1.29 is 38.1 Å². The highest BCUT2D eigenvalue weighted by Gasteiger charge is 2.26. The second-order valence-electron chi connectivity index (χ2n) is 8.50. The number of nitrogens with one attached hydrogen (secondary N) is 1. The fraction of sp³-hybridized carbons (Fsp3) is 0.833. The van der Waals surface area contributed by atoms with Crippen LogP contribution in [0.3, 0.4) is 0 Å². The van der Waals surface area contributed by atoms with Gasteiger partial charge in [-0.25, -0.2) is 4.79 Å². The largest absolute Gasteiger partial charge is 0.466 e. The van der Waals surface area contributed by atoms with Crippen molar-refractivity contribution in [1.82, 2.24) is 5.32 Å². The highest BCUT2D eigenvalue weighted by molar-refractivity contribution is 5.75. The molecule has 0 aromatic rings. The Hall–Kier alpha value is -2.32. The molecule has 9 nitrogen and oxygen atoms in total. The lowest BCUT2D eigenvalue weighted by molar-refractivity contribution is -0.154. The van der Waals surface area contributed by atoms with E-state index >= 15 is 0 Å². The van der Waals surface area contributed by atoms with Gasteiger partial charge in [0.15, 0.2) is 0 Å². The highest BCUT2D eigenvalue weighted by atomic mass is 16.6. The molecule has 192 valence electrons. The van der Waals surface area contributed by atoms with Gasteiger partial charge >= 0.3 is 24.0 Å². The van der Waals surface area contributed by atoms with Crippen LogP contribution in [0.5, 0.6) is 0 Å². The zero-order valence-electron chi connectivity index (χ0n) is 20.9. The minimum Gasteiger partial charge on any atom is -0.466 e. The Morgan fingerprint density at radius 2 is 1.21 bits per heavy atom. The van der Waals surface area contributed by atoms with Gasteiger partial charge in [0.2, 0.25) is 0 Å². The Bertz CT molecular complexity index is 577. The van der Waals surface area contributed by atoms with Gasteiger partial charge in [0, 0.05) is 12.8 Å². The van der Waals surface area contributed by atoms with Crippen molar-refractivity contribution in [3.05, 3.63) is 0 Å². The fourth-order valence-electron chi connectivity index (χ4n) is 2.43. The van der Waals surface area contributed by atoms with Gasteiger partial charge in [0.1, 0.15) is 6.61 Å². The number of carbonyl (C=O) groups excluding carboxylic acids is 4. The first-order valence-electron chi connectivity index (χ1n) is 12.1. The van der Waals surface area contributed by atoms with Crippen LogP contribution in [0.1, 0.15) is 91.9 Å². The molecule has 9 heteroatoms. The smallest absolute Gasteiger partial charge is 0.407 e. The van der Waals surface area contributed by atoms with Crippen LogP contribution in [-0.2, 0) is 33.3 Å². The summed E-state index contributed by atoms with van der Waals surface area (Å²) in [7, 11) is 0. The van der Waals surface area contributed by atoms with E-state index in [1.807, 2.05) is 27.7 Å². The first kappa shape index (κ1) is 30.7. The van der Waals surface area contributed by atoms with Gasteiger partial charge in [-0.2, -0.15) is 0 Å². The molecular weight excluding hydrogens is 430 g/mol. The number of amides is 1. The molecule has 1 N–H and O–H groups in total. The normalized spacial score (nSPS) is 10.9. The summed E-state index contributed by atoms with van der Waals surface area (Å²) in [5.41, 5.74) is -0.531. The maximum absolute atomic E-state index is 11.8. The Morgan fingerprint density at radius 1 is 0.667 bits per heavy atom. The molecule has 0 unspecified atom stereocenters. The molecule has 0 fully saturated rings. The van der Waals surface area contributed by atoms with Crippen molar-refractivity contribution in [2.45, 2.75) is 91.9 Å². The fourth-order valence-corrected chi connectivity index (χ4v) is 2.43. The SMILES string of the molecule is CCCCOC(=O)CCCCOC(=O)CCCCCOC(=O)NCCOC(=O)C(C)(C)CC. The first-order valence-corrected chi connectivity index (χ1v) is 12.1. The van der Waals surface area contributed by atoms with Crippen LogP contribution >= 0.6 is 0 Å². The van der Waals surface area contributed by atoms with E-state index in [0.717, 1.165) is 19.3 Å². The van der Waals surface area contributed by atoms with Crippen molar-refractivity contribution in [1.29, 1.82) is 0 Å². The molecule has 0 bridgehead atoms. The quantitative estimate of drug-likeness (QED) is 0.168. The molecule has 0 aliphatic carbocycles. The summed E-state index contributed by atoms with van der Waals surface area (Å²) >= 11 is 0. The number of carbonyl (C=O) groups is 4. The van der Waals surface area contributed by atoms with Crippen molar-refractivity contribution in [2.75, 3.05) is 33.0 Å². The molecule has 0 radical (unpaired) electrons. The van der Waals surface area contributed by atoms with Crippen molar-refractivity contribution in [3.63, 3.8) is 0 Å². The van der Waals surface area contributed by atoms with Crippen LogP contribution < -0.4 is 5.32 Å². The number of rotatable bonds is 19. The molecule has 0 aromatic carbocycles. The van der Waals surface area contributed by atoms with E-state index < -0.39 is 11.5 Å². The lowest BCUT2D eigenvalue weighted by atomic mass is 9.91. The number of alkyl carbamates (subject to hydrolysis) is 1. The topological polar surface area (TPSA) is 117 Å². The van der Waals surface area contributed by atoms with E-state index in [-0.39, 0.29) is 37.7 Å². The van der Waals surface area contributed by atoms with Crippen molar-refractivity contribution in [2.24, 2.45) is 5.41 Å². The third-order valence-corrected chi connectivity index (χ3v) is 5.10. The van der Waals surface area contributed by atoms with Gasteiger partial charge in [0.05, 0.1) is 31.8 Å². The molecule has 0 aromatic heterocycles.